The highest BCUT2D eigenvalue weighted by atomic mass is 35.5. The molecule has 1 aliphatic heterocycles. The van der Waals surface area contributed by atoms with Crippen LogP contribution in [0.25, 0.3) is 0 Å². The minimum atomic E-state index is -4.67. The predicted octanol–water partition coefficient (Wildman–Crippen LogP) is 5.13. The molecule has 11 heteroatoms. The third kappa shape index (κ3) is 7.11. The number of alkyl halides is 3. The summed E-state index contributed by atoms with van der Waals surface area (Å²) in [6.07, 6.45) is -1.94. The number of carboxylic acids is 1. The van der Waals surface area contributed by atoms with Gasteiger partial charge in [-0.15, -0.1) is 0 Å². The number of allylic oxidation sites excluding steroid dienone is 1. The van der Waals surface area contributed by atoms with Gasteiger partial charge in [-0.05, 0) is 54.5 Å². The number of carbonyl (C=O) groups excluding carboxylic acids is 1. The SMILES string of the molecule is CCOc1ccc(C(=O)C2(Cc3cc(CC(OCC(F)(F)F)C(=O)O)ccc3OC)C=CC=N2)c(Cl)c1. The molecule has 0 bridgehead atoms. The van der Waals surface area contributed by atoms with Crippen LogP contribution in [0.1, 0.15) is 28.4 Å². The highest BCUT2D eigenvalue weighted by Crippen LogP contribution is 2.35. The van der Waals surface area contributed by atoms with Gasteiger partial charge in [0.2, 0.25) is 0 Å². The number of nitrogens with zero attached hydrogens (tertiary/aromatic N) is 1. The zero-order valence-corrected chi connectivity index (χ0v) is 20.8. The highest BCUT2D eigenvalue weighted by molar-refractivity contribution is 6.34. The molecule has 0 saturated heterocycles. The van der Waals surface area contributed by atoms with E-state index in [4.69, 9.17) is 21.1 Å². The Hall–Kier alpha value is -3.37. The van der Waals surface area contributed by atoms with Crippen LogP contribution in [0.4, 0.5) is 13.2 Å². The molecule has 0 fully saturated rings. The normalized spacial score (nSPS) is 17.6. The van der Waals surface area contributed by atoms with Gasteiger partial charge in [-0.2, -0.15) is 13.2 Å². The van der Waals surface area contributed by atoms with Gasteiger partial charge in [0.05, 0.1) is 18.7 Å². The molecule has 0 spiro atoms. The Morgan fingerprint density at radius 2 is 1.95 bits per heavy atom. The Bertz CT molecular complexity index is 1200. The number of methoxy groups -OCH3 is 1. The molecule has 0 aromatic heterocycles. The minimum absolute atomic E-state index is 0.0283. The van der Waals surface area contributed by atoms with E-state index in [1.54, 1.807) is 42.5 Å². The maximum absolute atomic E-state index is 13.7. The largest absolute Gasteiger partial charge is 0.496 e. The fourth-order valence-electron chi connectivity index (χ4n) is 3.92. The van der Waals surface area contributed by atoms with Crippen molar-refractivity contribution in [1.29, 1.82) is 0 Å². The molecule has 1 N–H and O–H groups in total. The fourth-order valence-corrected chi connectivity index (χ4v) is 4.18. The van der Waals surface area contributed by atoms with E-state index in [2.05, 4.69) is 9.73 Å². The van der Waals surface area contributed by atoms with Gasteiger partial charge >= 0.3 is 12.1 Å². The summed E-state index contributed by atoms with van der Waals surface area (Å²) in [5.74, 6) is -0.998. The number of carbonyl (C=O) groups is 2. The number of hydrogen-bond acceptors (Lipinski definition) is 6. The van der Waals surface area contributed by atoms with Crippen molar-refractivity contribution >= 4 is 29.6 Å². The second kappa shape index (κ2) is 11.8. The predicted molar refractivity (Wildman–Crippen MR) is 131 cm³/mol. The summed E-state index contributed by atoms with van der Waals surface area (Å²) in [5.41, 5.74) is -0.241. The lowest BCUT2D eigenvalue weighted by Crippen LogP contribution is -2.36. The second-order valence-electron chi connectivity index (χ2n) is 8.25. The average Bonchev–Trinajstić information content (AvgIpc) is 3.31. The number of carboxylic acid groups (broad SMARTS) is 1. The van der Waals surface area contributed by atoms with E-state index in [1.165, 1.54) is 19.4 Å². The molecule has 198 valence electrons. The van der Waals surface area contributed by atoms with Crippen molar-refractivity contribution in [2.45, 2.75) is 37.6 Å². The summed E-state index contributed by atoms with van der Waals surface area (Å²) >= 11 is 6.38. The van der Waals surface area contributed by atoms with Gasteiger partial charge in [0, 0.05) is 24.6 Å². The molecule has 2 aromatic carbocycles. The van der Waals surface area contributed by atoms with E-state index in [0.29, 0.717) is 29.2 Å². The van der Waals surface area contributed by atoms with Gasteiger partial charge in [-0.3, -0.25) is 9.79 Å². The molecule has 1 heterocycles. The van der Waals surface area contributed by atoms with Crippen LogP contribution < -0.4 is 9.47 Å². The van der Waals surface area contributed by atoms with Crippen LogP contribution >= 0.6 is 11.6 Å². The van der Waals surface area contributed by atoms with Crippen molar-refractivity contribution in [3.63, 3.8) is 0 Å². The number of halogens is 4. The lowest BCUT2D eigenvalue weighted by molar-refractivity contribution is -0.192. The quantitative estimate of drug-likeness (QED) is 0.376. The molecule has 2 aromatic rings. The zero-order chi connectivity index (χ0) is 27.2. The van der Waals surface area contributed by atoms with Crippen molar-refractivity contribution in [2.75, 3.05) is 20.3 Å². The van der Waals surface area contributed by atoms with Gasteiger partial charge < -0.3 is 19.3 Å². The maximum Gasteiger partial charge on any atom is 0.411 e. The first-order valence-electron chi connectivity index (χ1n) is 11.2. The first kappa shape index (κ1) is 28.2. The molecule has 37 heavy (non-hydrogen) atoms. The molecular weight excluding hydrogens is 515 g/mol. The number of rotatable bonds is 12. The van der Waals surface area contributed by atoms with Crippen LogP contribution in [-0.4, -0.2) is 61.2 Å². The Labute approximate surface area is 216 Å². The van der Waals surface area contributed by atoms with Gasteiger partial charge in [0.1, 0.15) is 23.6 Å². The minimum Gasteiger partial charge on any atom is -0.496 e. The topological polar surface area (TPSA) is 94.4 Å². The number of hydrogen-bond donors (Lipinski definition) is 1. The Morgan fingerprint density at radius 3 is 2.51 bits per heavy atom. The van der Waals surface area contributed by atoms with Crippen LogP contribution in [0.15, 0.2) is 53.5 Å². The monoisotopic (exact) mass is 539 g/mol. The van der Waals surface area contributed by atoms with Crippen LogP contribution in [0.5, 0.6) is 11.5 Å². The lowest BCUT2D eigenvalue weighted by Gasteiger charge is -2.25. The maximum atomic E-state index is 13.7. The van der Waals surface area contributed by atoms with Crippen molar-refractivity contribution in [3.05, 3.63) is 70.3 Å². The standard InChI is InChI=1S/C26H25ClF3NO6/c1-3-36-18-6-7-19(20(27)13-18)23(32)25(9-4-10-31-25)14-17-11-16(5-8-21(17)35-2)12-22(24(33)34)37-15-26(28,29)30/h4-11,13,22H,3,12,14-15H2,1-2H3,(H,33,34). The molecule has 0 aliphatic carbocycles. The van der Waals surface area contributed by atoms with Crippen molar-refractivity contribution < 1.29 is 42.1 Å². The summed E-state index contributed by atoms with van der Waals surface area (Å²) in [4.78, 5) is 29.6. The number of Topliss-reactive ketones (excluding diaryl/α,β-unsaturated/α-hetero) is 1. The number of aliphatic imine (C=N–C) groups is 1. The Balaban J connectivity index is 1.91. The third-order valence-electron chi connectivity index (χ3n) is 5.60. The van der Waals surface area contributed by atoms with Gasteiger partial charge in [0.25, 0.3) is 0 Å². The number of ether oxygens (including phenoxy) is 3. The van der Waals surface area contributed by atoms with Crippen LogP contribution in [0.2, 0.25) is 5.02 Å². The second-order valence-corrected chi connectivity index (χ2v) is 8.65. The number of benzene rings is 2. The first-order chi connectivity index (χ1) is 17.5. The molecule has 2 atom stereocenters. The smallest absolute Gasteiger partial charge is 0.411 e. The van der Waals surface area contributed by atoms with E-state index < -0.39 is 30.4 Å². The summed E-state index contributed by atoms with van der Waals surface area (Å²) in [6, 6.07) is 9.39. The Kier molecular flexibility index (Phi) is 8.98. The van der Waals surface area contributed by atoms with Crippen molar-refractivity contribution in [3.8, 4) is 11.5 Å². The molecule has 7 nitrogen and oxygen atoms in total. The van der Waals surface area contributed by atoms with Crippen LogP contribution in [0.3, 0.4) is 0 Å². The van der Waals surface area contributed by atoms with E-state index in [1.807, 2.05) is 6.92 Å². The summed E-state index contributed by atoms with van der Waals surface area (Å²) in [7, 11) is 1.43. The molecule has 2 unspecified atom stereocenters. The number of aliphatic carboxylic acids is 1. The molecule has 0 radical (unpaired) electrons. The van der Waals surface area contributed by atoms with E-state index in [-0.39, 0.29) is 29.2 Å². The fraction of sp³-hybridized carbons (Fsp3) is 0.346. The Morgan fingerprint density at radius 1 is 1.19 bits per heavy atom. The zero-order valence-electron chi connectivity index (χ0n) is 20.0. The molecule has 0 amide bonds. The third-order valence-corrected chi connectivity index (χ3v) is 5.91. The average molecular weight is 540 g/mol. The molecule has 3 rings (SSSR count). The van der Waals surface area contributed by atoms with E-state index >= 15 is 0 Å². The molecule has 0 saturated carbocycles. The summed E-state index contributed by atoms with van der Waals surface area (Å²) in [5, 5.41) is 9.53. The van der Waals surface area contributed by atoms with E-state index in [0.717, 1.165) is 0 Å². The number of ketones is 1. The summed E-state index contributed by atoms with van der Waals surface area (Å²) < 4.78 is 53.1. The molecular formula is C26H25ClF3NO6. The highest BCUT2D eigenvalue weighted by Gasteiger charge is 2.39. The first-order valence-corrected chi connectivity index (χ1v) is 11.6. The molecule has 1 aliphatic rings. The van der Waals surface area contributed by atoms with Gasteiger partial charge in [0.15, 0.2) is 11.9 Å². The lowest BCUT2D eigenvalue weighted by atomic mass is 9.83. The van der Waals surface area contributed by atoms with Crippen molar-refractivity contribution in [2.24, 2.45) is 4.99 Å². The van der Waals surface area contributed by atoms with Gasteiger partial charge in [-0.1, -0.05) is 23.7 Å². The van der Waals surface area contributed by atoms with Gasteiger partial charge in [-0.25, -0.2) is 4.79 Å². The van der Waals surface area contributed by atoms with Crippen molar-refractivity contribution in [1.82, 2.24) is 0 Å². The van der Waals surface area contributed by atoms with E-state index in [9.17, 15) is 27.9 Å². The van der Waals surface area contributed by atoms with Crippen LogP contribution in [0, 0.1) is 0 Å². The van der Waals surface area contributed by atoms with Crippen LogP contribution in [-0.2, 0) is 22.4 Å². The summed E-state index contributed by atoms with van der Waals surface area (Å²) in [6.45, 7) is 0.566.